The van der Waals surface area contributed by atoms with Gasteiger partial charge in [-0.15, -0.1) is 0 Å². The van der Waals surface area contributed by atoms with Gasteiger partial charge in [0.05, 0.1) is 11.5 Å². The van der Waals surface area contributed by atoms with Crippen molar-refractivity contribution in [1.29, 1.82) is 0 Å². The quantitative estimate of drug-likeness (QED) is 0.862. The first-order valence-electron chi connectivity index (χ1n) is 9.65. The fourth-order valence-electron chi connectivity index (χ4n) is 4.09. The third-order valence-corrected chi connectivity index (χ3v) is 5.79. The van der Waals surface area contributed by atoms with Crippen LogP contribution in [0.3, 0.4) is 0 Å². The van der Waals surface area contributed by atoms with Gasteiger partial charge >= 0.3 is 5.97 Å². The van der Waals surface area contributed by atoms with Crippen molar-refractivity contribution in [2.24, 2.45) is 5.41 Å². The van der Waals surface area contributed by atoms with Gasteiger partial charge in [0.1, 0.15) is 0 Å². The van der Waals surface area contributed by atoms with Crippen molar-refractivity contribution in [2.45, 2.75) is 44.6 Å². The van der Waals surface area contributed by atoms with Crippen molar-refractivity contribution in [3.63, 3.8) is 0 Å². The van der Waals surface area contributed by atoms with Gasteiger partial charge in [-0.1, -0.05) is 18.2 Å². The number of carboxylic acids is 1. The summed E-state index contributed by atoms with van der Waals surface area (Å²) in [4.78, 5) is 18.6. The van der Waals surface area contributed by atoms with Gasteiger partial charge in [-0.25, -0.2) is 0 Å². The van der Waals surface area contributed by atoms with Crippen molar-refractivity contribution in [2.75, 3.05) is 24.6 Å². The lowest BCUT2D eigenvalue weighted by Gasteiger charge is -2.40. The third kappa shape index (κ3) is 3.83. The molecule has 7 nitrogen and oxygen atoms in total. The van der Waals surface area contributed by atoms with Crippen LogP contribution in [-0.4, -0.2) is 47.0 Å². The average molecular weight is 371 g/mol. The second kappa shape index (κ2) is 7.68. The van der Waals surface area contributed by atoms with Crippen LogP contribution >= 0.6 is 0 Å². The van der Waals surface area contributed by atoms with E-state index >= 15 is 0 Å². The number of piperidine rings is 1. The molecule has 1 atom stereocenters. The average Bonchev–Trinajstić information content (AvgIpc) is 3.20. The molecule has 0 saturated carbocycles. The molecule has 4 rings (SSSR count). The van der Waals surface area contributed by atoms with Gasteiger partial charge in [-0.3, -0.25) is 4.79 Å². The lowest BCUT2D eigenvalue weighted by molar-refractivity contribution is -0.154. The molecule has 0 unspecified atom stereocenters. The SMILES string of the molecule is O=C(O)C1(C[C@@H]2CCCCO2)CCN(c2noc(-c3ccccc3)n2)CC1. The van der Waals surface area contributed by atoms with Gasteiger partial charge in [0, 0.05) is 25.3 Å². The van der Waals surface area contributed by atoms with Crippen LogP contribution < -0.4 is 4.90 Å². The molecule has 0 aliphatic carbocycles. The highest BCUT2D eigenvalue weighted by atomic mass is 16.5. The molecule has 3 heterocycles. The molecule has 2 saturated heterocycles. The summed E-state index contributed by atoms with van der Waals surface area (Å²) in [6, 6.07) is 9.64. The highest BCUT2D eigenvalue weighted by Crippen LogP contribution is 2.39. The Morgan fingerprint density at radius 1 is 1.22 bits per heavy atom. The molecule has 0 radical (unpaired) electrons. The summed E-state index contributed by atoms with van der Waals surface area (Å²) in [5.74, 6) is 0.299. The van der Waals surface area contributed by atoms with Crippen LogP contribution in [0.2, 0.25) is 0 Å². The highest BCUT2D eigenvalue weighted by Gasteiger charge is 2.44. The molecule has 1 N–H and O–H groups in total. The molecule has 2 aromatic rings. The predicted molar refractivity (Wildman–Crippen MR) is 99.5 cm³/mol. The van der Waals surface area contributed by atoms with Crippen LogP contribution in [-0.2, 0) is 9.53 Å². The van der Waals surface area contributed by atoms with Crippen LogP contribution in [0.5, 0.6) is 0 Å². The van der Waals surface area contributed by atoms with Crippen LogP contribution in [0.1, 0.15) is 38.5 Å². The number of carbonyl (C=O) groups is 1. The third-order valence-electron chi connectivity index (χ3n) is 5.79. The fourth-order valence-corrected chi connectivity index (χ4v) is 4.09. The van der Waals surface area contributed by atoms with Crippen LogP contribution in [0, 0.1) is 5.41 Å². The number of aliphatic carboxylic acids is 1. The number of hydrogen-bond acceptors (Lipinski definition) is 6. The molecule has 0 amide bonds. The van der Waals surface area contributed by atoms with E-state index in [1.165, 1.54) is 0 Å². The number of carboxylic acid groups (broad SMARTS) is 1. The molecule has 2 aliphatic rings. The number of anilines is 1. The largest absolute Gasteiger partial charge is 0.481 e. The fraction of sp³-hybridized carbons (Fsp3) is 0.550. The smallest absolute Gasteiger partial charge is 0.309 e. The summed E-state index contributed by atoms with van der Waals surface area (Å²) in [7, 11) is 0. The Morgan fingerprint density at radius 3 is 2.67 bits per heavy atom. The summed E-state index contributed by atoms with van der Waals surface area (Å²) in [6.07, 6.45) is 4.95. The first-order valence-corrected chi connectivity index (χ1v) is 9.65. The van der Waals surface area contributed by atoms with Gasteiger partial charge < -0.3 is 19.3 Å². The molecule has 144 valence electrons. The van der Waals surface area contributed by atoms with Crippen LogP contribution in [0.25, 0.3) is 11.5 Å². The van der Waals surface area contributed by atoms with Crippen molar-refractivity contribution in [3.05, 3.63) is 30.3 Å². The van der Waals surface area contributed by atoms with E-state index in [0.29, 0.717) is 44.2 Å². The number of rotatable bonds is 5. The van der Waals surface area contributed by atoms with E-state index in [0.717, 1.165) is 31.4 Å². The maximum atomic E-state index is 12.1. The second-order valence-electron chi connectivity index (χ2n) is 7.53. The van der Waals surface area contributed by atoms with Gasteiger partial charge in [0.2, 0.25) is 0 Å². The lowest BCUT2D eigenvalue weighted by atomic mass is 9.73. The predicted octanol–water partition coefficient (Wildman–Crippen LogP) is 3.37. The topological polar surface area (TPSA) is 88.7 Å². The highest BCUT2D eigenvalue weighted by molar-refractivity contribution is 5.75. The van der Waals surface area contributed by atoms with E-state index in [9.17, 15) is 9.90 Å². The van der Waals surface area contributed by atoms with Crippen molar-refractivity contribution in [3.8, 4) is 11.5 Å². The molecule has 0 bridgehead atoms. The van der Waals surface area contributed by atoms with E-state index in [1.807, 2.05) is 35.2 Å². The Balaban J connectivity index is 1.42. The Kier molecular flexibility index (Phi) is 5.11. The number of hydrogen-bond donors (Lipinski definition) is 1. The zero-order chi connectivity index (χ0) is 18.7. The van der Waals surface area contributed by atoms with Gasteiger partial charge in [-0.05, 0) is 55.8 Å². The first-order chi connectivity index (χ1) is 13.2. The molecule has 7 heteroatoms. The number of aromatic nitrogens is 2. The zero-order valence-electron chi connectivity index (χ0n) is 15.3. The van der Waals surface area contributed by atoms with E-state index in [-0.39, 0.29) is 6.10 Å². The Hall–Kier alpha value is -2.41. The van der Waals surface area contributed by atoms with Crippen molar-refractivity contribution >= 4 is 11.9 Å². The van der Waals surface area contributed by atoms with Gasteiger partial charge in [0.25, 0.3) is 11.8 Å². The minimum absolute atomic E-state index is 0.0660. The Morgan fingerprint density at radius 2 is 2.00 bits per heavy atom. The van der Waals surface area contributed by atoms with E-state index in [4.69, 9.17) is 9.26 Å². The van der Waals surface area contributed by atoms with E-state index in [2.05, 4.69) is 10.1 Å². The number of nitrogens with zero attached hydrogens (tertiary/aromatic N) is 3. The molecule has 2 fully saturated rings. The summed E-state index contributed by atoms with van der Waals surface area (Å²) < 4.78 is 11.2. The summed E-state index contributed by atoms with van der Waals surface area (Å²) in [5, 5.41) is 14.0. The molecular formula is C20H25N3O4. The minimum Gasteiger partial charge on any atom is -0.481 e. The molecule has 1 aromatic heterocycles. The normalized spacial score (nSPS) is 22.5. The first kappa shape index (κ1) is 18.0. The van der Waals surface area contributed by atoms with Crippen molar-refractivity contribution < 1.29 is 19.2 Å². The molecule has 0 spiro atoms. The maximum absolute atomic E-state index is 12.1. The van der Waals surface area contributed by atoms with E-state index in [1.54, 1.807) is 0 Å². The second-order valence-corrected chi connectivity index (χ2v) is 7.53. The zero-order valence-corrected chi connectivity index (χ0v) is 15.3. The van der Waals surface area contributed by atoms with Gasteiger partial charge in [0.15, 0.2) is 0 Å². The molecule has 27 heavy (non-hydrogen) atoms. The molecule has 1 aromatic carbocycles. The summed E-state index contributed by atoms with van der Waals surface area (Å²) in [5.41, 5.74) is 0.160. The summed E-state index contributed by atoms with van der Waals surface area (Å²) in [6.45, 7) is 1.96. The summed E-state index contributed by atoms with van der Waals surface area (Å²) >= 11 is 0. The Labute approximate surface area is 158 Å². The Bertz CT molecular complexity index is 763. The van der Waals surface area contributed by atoms with E-state index < -0.39 is 11.4 Å². The standard InChI is InChI=1S/C20H25N3O4/c24-18(25)20(14-16-8-4-5-13-26-16)9-11-23(12-10-20)19-21-17(27-22-19)15-6-2-1-3-7-15/h1-3,6-7,16H,4-5,8-14H2,(H,24,25)/t16-/m0/s1. The lowest BCUT2D eigenvalue weighted by Crippen LogP contribution is -2.47. The number of ether oxygens (including phenoxy) is 1. The minimum atomic E-state index is -0.718. The number of benzene rings is 1. The molecule has 2 aliphatic heterocycles. The van der Waals surface area contributed by atoms with Crippen molar-refractivity contribution in [1.82, 2.24) is 10.1 Å². The monoisotopic (exact) mass is 371 g/mol. The molecular weight excluding hydrogens is 346 g/mol. The van der Waals surface area contributed by atoms with Crippen LogP contribution in [0.15, 0.2) is 34.9 Å². The van der Waals surface area contributed by atoms with Gasteiger partial charge in [-0.2, -0.15) is 4.98 Å². The van der Waals surface area contributed by atoms with Crippen LogP contribution in [0.4, 0.5) is 5.95 Å². The maximum Gasteiger partial charge on any atom is 0.309 e.